The molecule has 0 saturated carbocycles. The van der Waals surface area contributed by atoms with E-state index in [9.17, 15) is 0 Å². The second-order valence-electron chi connectivity index (χ2n) is 5.45. The molecular formula is C15H20N6. The van der Waals surface area contributed by atoms with Crippen molar-refractivity contribution in [3.05, 3.63) is 41.7 Å². The van der Waals surface area contributed by atoms with Crippen LogP contribution in [0.15, 0.2) is 30.3 Å². The lowest BCUT2D eigenvalue weighted by molar-refractivity contribution is 0.201. The summed E-state index contributed by atoms with van der Waals surface area (Å²) in [5, 5.41) is 0. The molecule has 6 heteroatoms. The van der Waals surface area contributed by atoms with Crippen molar-refractivity contribution in [1.82, 2.24) is 19.9 Å². The van der Waals surface area contributed by atoms with Crippen molar-refractivity contribution in [2.24, 2.45) is 0 Å². The molecule has 0 amide bonds. The second kappa shape index (κ2) is 6.05. The molecule has 0 radical (unpaired) electrons. The molecule has 2 heterocycles. The molecule has 1 aliphatic rings. The number of hydrogen-bond donors (Lipinski definition) is 2. The largest absolute Gasteiger partial charge is 0.368 e. The molecule has 1 aliphatic heterocycles. The molecule has 1 fully saturated rings. The quantitative estimate of drug-likeness (QED) is 0.885. The lowest BCUT2D eigenvalue weighted by atomic mass is 9.95. The summed E-state index contributed by atoms with van der Waals surface area (Å²) in [7, 11) is 0. The van der Waals surface area contributed by atoms with Gasteiger partial charge in [-0.1, -0.05) is 30.3 Å². The molecule has 0 unspecified atom stereocenters. The minimum Gasteiger partial charge on any atom is -0.368 e. The van der Waals surface area contributed by atoms with Crippen molar-refractivity contribution in [2.45, 2.75) is 25.3 Å². The van der Waals surface area contributed by atoms with Crippen molar-refractivity contribution >= 4 is 11.9 Å². The van der Waals surface area contributed by atoms with Crippen LogP contribution < -0.4 is 11.5 Å². The van der Waals surface area contributed by atoms with Crippen LogP contribution in [0.4, 0.5) is 11.9 Å². The lowest BCUT2D eigenvalue weighted by Crippen LogP contribution is -2.33. The highest BCUT2D eigenvalue weighted by molar-refractivity contribution is 5.27. The Morgan fingerprint density at radius 1 is 0.952 bits per heavy atom. The summed E-state index contributed by atoms with van der Waals surface area (Å²) in [5.41, 5.74) is 12.6. The van der Waals surface area contributed by atoms with E-state index in [-0.39, 0.29) is 11.9 Å². The number of nitrogens with zero attached hydrogens (tertiary/aromatic N) is 4. The summed E-state index contributed by atoms with van der Waals surface area (Å²) < 4.78 is 0. The predicted molar refractivity (Wildman–Crippen MR) is 82.3 cm³/mol. The topological polar surface area (TPSA) is 93.9 Å². The molecule has 110 valence electrons. The second-order valence-corrected chi connectivity index (χ2v) is 5.45. The van der Waals surface area contributed by atoms with Crippen molar-refractivity contribution < 1.29 is 0 Å². The summed E-state index contributed by atoms with van der Waals surface area (Å²) in [6.45, 7) is 3.06. The number of rotatable bonds is 3. The molecular weight excluding hydrogens is 264 g/mol. The number of aromatic nitrogens is 3. The van der Waals surface area contributed by atoms with Gasteiger partial charge in [0.05, 0.1) is 0 Å². The maximum atomic E-state index is 5.64. The fourth-order valence-corrected chi connectivity index (χ4v) is 2.80. The number of anilines is 2. The molecule has 0 spiro atoms. The summed E-state index contributed by atoms with van der Waals surface area (Å²) >= 11 is 0. The molecule has 21 heavy (non-hydrogen) atoms. The first-order valence-electron chi connectivity index (χ1n) is 7.24. The molecule has 2 aromatic rings. The zero-order chi connectivity index (χ0) is 14.7. The first-order chi connectivity index (χ1) is 10.2. The minimum atomic E-state index is 0.212. The van der Waals surface area contributed by atoms with Gasteiger partial charge >= 0.3 is 0 Å². The number of nitrogen functional groups attached to an aromatic ring is 2. The Morgan fingerprint density at radius 3 is 2.19 bits per heavy atom. The highest BCUT2D eigenvalue weighted by Gasteiger charge is 2.23. The van der Waals surface area contributed by atoms with Crippen LogP contribution in [-0.2, 0) is 6.54 Å². The molecule has 3 rings (SSSR count). The van der Waals surface area contributed by atoms with E-state index in [4.69, 9.17) is 11.5 Å². The molecule has 1 aromatic carbocycles. The Hall–Kier alpha value is -2.21. The van der Waals surface area contributed by atoms with Gasteiger partial charge in [-0.15, -0.1) is 0 Å². The predicted octanol–water partition coefficient (Wildman–Crippen LogP) is 1.42. The van der Waals surface area contributed by atoms with Crippen molar-refractivity contribution in [3.63, 3.8) is 0 Å². The molecule has 0 atom stereocenters. The van der Waals surface area contributed by atoms with Gasteiger partial charge in [-0.25, -0.2) is 0 Å². The maximum absolute atomic E-state index is 5.64. The van der Waals surface area contributed by atoms with Gasteiger partial charge in [-0.3, -0.25) is 4.90 Å². The summed E-state index contributed by atoms with van der Waals surface area (Å²) in [5.74, 6) is 1.48. The van der Waals surface area contributed by atoms with Crippen molar-refractivity contribution in [2.75, 3.05) is 24.6 Å². The van der Waals surface area contributed by atoms with Gasteiger partial charge in [-0.05, 0) is 31.5 Å². The first-order valence-corrected chi connectivity index (χ1v) is 7.24. The van der Waals surface area contributed by atoms with Gasteiger partial charge in [0.15, 0.2) is 0 Å². The smallest absolute Gasteiger partial charge is 0.225 e. The van der Waals surface area contributed by atoms with E-state index < -0.39 is 0 Å². The molecule has 0 aliphatic carbocycles. The van der Waals surface area contributed by atoms with Crippen LogP contribution in [0.5, 0.6) is 0 Å². The molecule has 0 bridgehead atoms. The maximum Gasteiger partial charge on any atom is 0.225 e. The van der Waals surface area contributed by atoms with Crippen LogP contribution in [0.2, 0.25) is 0 Å². The summed E-state index contributed by atoms with van der Waals surface area (Å²) in [6, 6.07) is 10.5. The van der Waals surface area contributed by atoms with Crippen LogP contribution in [0.3, 0.4) is 0 Å². The van der Waals surface area contributed by atoms with E-state index in [1.807, 2.05) is 6.07 Å². The van der Waals surface area contributed by atoms with Crippen LogP contribution in [0.25, 0.3) is 0 Å². The van der Waals surface area contributed by atoms with E-state index in [1.54, 1.807) is 0 Å². The summed E-state index contributed by atoms with van der Waals surface area (Å²) in [4.78, 5) is 14.7. The van der Waals surface area contributed by atoms with Crippen LogP contribution >= 0.6 is 0 Å². The average Bonchev–Trinajstić information content (AvgIpc) is 2.48. The van der Waals surface area contributed by atoms with Gasteiger partial charge < -0.3 is 11.5 Å². The van der Waals surface area contributed by atoms with Gasteiger partial charge in [0, 0.05) is 12.5 Å². The number of likely N-dealkylation sites (tertiary alicyclic amines) is 1. The Kier molecular flexibility index (Phi) is 3.96. The molecule has 1 saturated heterocycles. The van der Waals surface area contributed by atoms with Gasteiger partial charge in [-0.2, -0.15) is 15.0 Å². The van der Waals surface area contributed by atoms with Crippen LogP contribution in [0.1, 0.15) is 30.1 Å². The first kappa shape index (κ1) is 13.8. The zero-order valence-corrected chi connectivity index (χ0v) is 11.9. The monoisotopic (exact) mass is 284 g/mol. The highest BCUT2D eigenvalue weighted by Crippen LogP contribution is 2.26. The summed E-state index contributed by atoms with van der Waals surface area (Å²) in [6.07, 6.45) is 2.05. The zero-order valence-electron chi connectivity index (χ0n) is 11.9. The Morgan fingerprint density at radius 2 is 1.57 bits per heavy atom. The third-order valence-electron chi connectivity index (χ3n) is 3.89. The Balaban J connectivity index is 1.60. The highest BCUT2D eigenvalue weighted by atomic mass is 15.2. The molecule has 4 N–H and O–H groups in total. The average molecular weight is 284 g/mol. The normalized spacial score (nSPS) is 17.0. The van der Waals surface area contributed by atoms with Crippen LogP contribution in [0, 0.1) is 0 Å². The van der Waals surface area contributed by atoms with E-state index in [2.05, 4.69) is 44.1 Å². The number of benzene rings is 1. The Labute approximate surface area is 124 Å². The van der Waals surface area contributed by atoms with E-state index in [0.29, 0.717) is 5.92 Å². The fraction of sp³-hybridized carbons (Fsp3) is 0.400. The SMILES string of the molecule is Nc1nc(N)nc(C2CCN(Cc3ccccc3)CC2)n1. The van der Waals surface area contributed by atoms with E-state index in [1.165, 1.54) is 5.56 Å². The lowest BCUT2D eigenvalue weighted by Gasteiger charge is -2.31. The van der Waals surface area contributed by atoms with Gasteiger partial charge in [0.25, 0.3) is 0 Å². The molecule has 1 aromatic heterocycles. The number of nitrogens with two attached hydrogens (primary N) is 2. The minimum absolute atomic E-state index is 0.212. The fourth-order valence-electron chi connectivity index (χ4n) is 2.80. The molecule has 6 nitrogen and oxygen atoms in total. The number of piperidine rings is 1. The third kappa shape index (κ3) is 3.46. The van der Waals surface area contributed by atoms with Gasteiger partial charge in [0.2, 0.25) is 11.9 Å². The standard InChI is InChI=1S/C15H20N6/c16-14-18-13(19-15(17)20-14)12-6-8-21(9-7-12)10-11-4-2-1-3-5-11/h1-5,12H,6-10H2,(H4,16,17,18,19,20). The van der Waals surface area contributed by atoms with E-state index >= 15 is 0 Å². The number of hydrogen-bond acceptors (Lipinski definition) is 6. The van der Waals surface area contributed by atoms with Gasteiger partial charge in [0.1, 0.15) is 5.82 Å². The van der Waals surface area contributed by atoms with Crippen molar-refractivity contribution in [1.29, 1.82) is 0 Å². The Bertz CT molecular complexity index is 572. The van der Waals surface area contributed by atoms with E-state index in [0.717, 1.165) is 38.3 Å². The van der Waals surface area contributed by atoms with Crippen molar-refractivity contribution in [3.8, 4) is 0 Å². The van der Waals surface area contributed by atoms with Crippen LogP contribution in [-0.4, -0.2) is 32.9 Å². The third-order valence-corrected chi connectivity index (χ3v) is 3.89.